The summed E-state index contributed by atoms with van der Waals surface area (Å²) in [5.41, 5.74) is 5.93. The van der Waals surface area contributed by atoms with Gasteiger partial charge in [0.05, 0.1) is 15.7 Å². The number of hydrogen-bond donors (Lipinski definition) is 2. The maximum Gasteiger partial charge on any atom is 0.233 e. The van der Waals surface area contributed by atoms with E-state index in [-0.39, 0.29) is 28.3 Å². The number of carbonyl (C=O) groups excluding carboxylic acids is 1. The number of nitrogens with one attached hydrogen (secondary N) is 1. The van der Waals surface area contributed by atoms with Gasteiger partial charge in [-0.2, -0.15) is 0 Å². The van der Waals surface area contributed by atoms with Crippen LogP contribution in [0.2, 0.25) is 0 Å². The minimum Gasteiger partial charge on any atom is -0.398 e. The first kappa shape index (κ1) is 15.9. The summed E-state index contributed by atoms with van der Waals surface area (Å²) in [6.07, 6.45) is 6.59. The van der Waals surface area contributed by atoms with Crippen molar-refractivity contribution in [2.24, 2.45) is 0 Å². The highest BCUT2D eigenvalue weighted by molar-refractivity contribution is 7.86. The predicted molar refractivity (Wildman–Crippen MR) is 81.7 cm³/mol. The average molecular weight is 312 g/mol. The second kappa shape index (κ2) is 7.54. The lowest BCUT2D eigenvalue weighted by Gasteiger charge is -2.16. The van der Waals surface area contributed by atoms with Crippen molar-refractivity contribution in [3.63, 3.8) is 0 Å². The number of hydrogen-bond acceptors (Lipinski definition) is 3. The molecule has 1 fully saturated rings. The third-order valence-electron chi connectivity index (χ3n) is 3.70. The molecule has 3 N–H and O–H groups in total. The van der Waals surface area contributed by atoms with Gasteiger partial charge in [0.15, 0.2) is 0 Å². The van der Waals surface area contributed by atoms with Gasteiger partial charge in [-0.3, -0.25) is 9.00 Å². The van der Waals surface area contributed by atoms with Gasteiger partial charge in [-0.1, -0.05) is 25.7 Å². The second-order valence-electron chi connectivity index (χ2n) is 5.43. The number of nitrogens with two attached hydrogens (primary N) is 1. The molecule has 21 heavy (non-hydrogen) atoms. The van der Waals surface area contributed by atoms with Crippen LogP contribution >= 0.6 is 0 Å². The summed E-state index contributed by atoms with van der Waals surface area (Å²) in [5.74, 6) is -0.940. The van der Waals surface area contributed by atoms with Gasteiger partial charge in [0.2, 0.25) is 5.91 Å². The summed E-state index contributed by atoms with van der Waals surface area (Å²) in [7, 11) is -1.62. The van der Waals surface area contributed by atoms with E-state index in [9.17, 15) is 13.4 Å². The zero-order valence-corrected chi connectivity index (χ0v) is 12.8. The number of halogens is 1. The zero-order valence-electron chi connectivity index (χ0n) is 11.9. The van der Waals surface area contributed by atoms with E-state index < -0.39 is 16.6 Å². The summed E-state index contributed by atoms with van der Waals surface area (Å²) in [4.78, 5) is 12.2. The number of benzene rings is 1. The van der Waals surface area contributed by atoms with Crippen LogP contribution in [0.15, 0.2) is 23.1 Å². The fourth-order valence-electron chi connectivity index (χ4n) is 2.60. The van der Waals surface area contributed by atoms with Crippen molar-refractivity contribution in [2.45, 2.75) is 49.5 Å². The first-order chi connectivity index (χ1) is 10.1. The summed E-state index contributed by atoms with van der Waals surface area (Å²) >= 11 is 0. The molecule has 1 aliphatic rings. The molecular weight excluding hydrogens is 291 g/mol. The molecule has 1 aromatic carbocycles. The molecule has 1 saturated carbocycles. The van der Waals surface area contributed by atoms with Crippen LogP contribution < -0.4 is 11.1 Å². The van der Waals surface area contributed by atoms with Gasteiger partial charge in [0, 0.05) is 11.7 Å². The van der Waals surface area contributed by atoms with E-state index in [1.165, 1.54) is 25.0 Å². The van der Waals surface area contributed by atoms with E-state index in [1.54, 1.807) is 0 Å². The molecule has 2 rings (SSSR count). The van der Waals surface area contributed by atoms with Crippen LogP contribution in [0.1, 0.15) is 38.5 Å². The topological polar surface area (TPSA) is 72.2 Å². The molecule has 1 amide bonds. The molecule has 1 unspecified atom stereocenters. The highest BCUT2D eigenvalue weighted by atomic mass is 32.2. The largest absolute Gasteiger partial charge is 0.398 e. The Balaban J connectivity index is 1.92. The molecule has 0 heterocycles. The molecule has 0 aromatic heterocycles. The first-order valence-corrected chi connectivity index (χ1v) is 8.61. The Kier molecular flexibility index (Phi) is 5.73. The molecule has 0 bridgehead atoms. The molecule has 4 nitrogen and oxygen atoms in total. The molecule has 1 aromatic rings. The first-order valence-electron chi connectivity index (χ1n) is 7.29. The number of carbonyl (C=O) groups is 1. The average Bonchev–Trinajstić information content (AvgIpc) is 2.70. The van der Waals surface area contributed by atoms with Crippen molar-refractivity contribution in [3.05, 3.63) is 24.0 Å². The lowest BCUT2D eigenvalue weighted by molar-refractivity contribution is -0.119. The zero-order chi connectivity index (χ0) is 15.2. The van der Waals surface area contributed by atoms with Gasteiger partial charge in [-0.15, -0.1) is 0 Å². The summed E-state index contributed by atoms with van der Waals surface area (Å²) in [5, 5.41) is 2.93. The van der Waals surface area contributed by atoms with Crippen molar-refractivity contribution in [1.82, 2.24) is 5.32 Å². The van der Waals surface area contributed by atoms with E-state index in [0.717, 1.165) is 31.7 Å². The van der Waals surface area contributed by atoms with E-state index in [0.29, 0.717) is 0 Å². The monoisotopic (exact) mass is 312 g/mol. The van der Waals surface area contributed by atoms with Crippen LogP contribution in [-0.2, 0) is 15.6 Å². The van der Waals surface area contributed by atoms with Gasteiger partial charge in [0.25, 0.3) is 0 Å². The van der Waals surface area contributed by atoms with Crippen molar-refractivity contribution in [3.8, 4) is 0 Å². The number of amides is 1. The molecule has 6 heteroatoms. The number of rotatable bonds is 4. The van der Waals surface area contributed by atoms with Gasteiger partial charge >= 0.3 is 0 Å². The number of nitrogen functional groups attached to an aromatic ring is 1. The molecule has 1 aliphatic carbocycles. The Hall–Kier alpha value is -1.43. The Bertz CT molecular complexity index is 528. The van der Waals surface area contributed by atoms with E-state index in [1.807, 2.05) is 0 Å². The minimum atomic E-state index is -1.62. The minimum absolute atomic E-state index is 0.168. The standard InChI is InChI=1S/C15H21FN2O2S/c16-11-7-8-13(17)14(9-11)21(20)10-15(19)18-12-5-3-1-2-4-6-12/h7-9,12H,1-6,10,17H2,(H,18,19). The normalized spacial score (nSPS) is 18.0. The van der Waals surface area contributed by atoms with E-state index >= 15 is 0 Å². The molecular formula is C15H21FN2O2S. The number of anilines is 1. The van der Waals surface area contributed by atoms with Crippen LogP contribution in [0.3, 0.4) is 0 Å². The lowest BCUT2D eigenvalue weighted by Crippen LogP contribution is -2.37. The molecule has 0 spiro atoms. The Morgan fingerprint density at radius 1 is 1.29 bits per heavy atom. The van der Waals surface area contributed by atoms with Gasteiger partial charge < -0.3 is 11.1 Å². The third kappa shape index (κ3) is 4.81. The molecule has 1 atom stereocenters. The smallest absolute Gasteiger partial charge is 0.233 e. The van der Waals surface area contributed by atoms with Crippen LogP contribution in [0.25, 0.3) is 0 Å². The summed E-state index contributed by atoms with van der Waals surface area (Å²) < 4.78 is 25.3. The molecule has 0 saturated heterocycles. The fraction of sp³-hybridized carbons (Fsp3) is 0.533. The Morgan fingerprint density at radius 3 is 2.62 bits per heavy atom. The van der Waals surface area contributed by atoms with Gasteiger partial charge in [-0.05, 0) is 31.0 Å². The Morgan fingerprint density at radius 2 is 1.95 bits per heavy atom. The SMILES string of the molecule is Nc1ccc(F)cc1S(=O)CC(=O)NC1CCCCCC1. The van der Waals surface area contributed by atoms with E-state index in [2.05, 4.69) is 5.32 Å². The highest BCUT2D eigenvalue weighted by Gasteiger charge is 2.18. The Labute approximate surface area is 126 Å². The third-order valence-corrected chi connectivity index (χ3v) is 5.07. The van der Waals surface area contributed by atoms with Gasteiger partial charge in [-0.25, -0.2) is 4.39 Å². The van der Waals surface area contributed by atoms with E-state index in [4.69, 9.17) is 5.73 Å². The molecule has 0 radical (unpaired) electrons. The van der Waals surface area contributed by atoms with Crippen LogP contribution in [0.4, 0.5) is 10.1 Å². The van der Waals surface area contributed by atoms with Crippen LogP contribution in [-0.4, -0.2) is 21.9 Å². The van der Waals surface area contributed by atoms with Crippen molar-refractivity contribution in [1.29, 1.82) is 0 Å². The fourth-order valence-corrected chi connectivity index (χ4v) is 3.65. The summed E-state index contributed by atoms with van der Waals surface area (Å²) in [6, 6.07) is 3.87. The quantitative estimate of drug-likeness (QED) is 0.662. The molecule has 0 aliphatic heterocycles. The summed E-state index contributed by atoms with van der Waals surface area (Å²) in [6.45, 7) is 0. The van der Waals surface area contributed by atoms with Crippen molar-refractivity contribution in [2.75, 3.05) is 11.5 Å². The highest BCUT2D eigenvalue weighted by Crippen LogP contribution is 2.19. The second-order valence-corrected chi connectivity index (χ2v) is 6.85. The maximum atomic E-state index is 13.2. The van der Waals surface area contributed by atoms with Gasteiger partial charge in [0.1, 0.15) is 11.6 Å². The predicted octanol–water partition coefficient (Wildman–Crippen LogP) is 2.35. The maximum absolute atomic E-state index is 13.2. The van der Waals surface area contributed by atoms with Crippen molar-refractivity contribution >= 4 is 22.4 Å². The molecule has 116 valence electrons. The van der Waals surface area contributed by atoms with Crippen LogP contribution in [0, 0.1) is 5.82 Å². The van der Waals surface area contributed by atoms with Crippen molar-refractivity contribution < 1.29 is 13.4 Å². The lowest BCUT2D eigenvalue weighted by atomic mass is 10.1. The van der Waals surface area contributed by atoms with Crippen LogP contribution in [0.5, 0.6) is 0 Å².